The minimum absolute atomic E-state index is 0.104. The standard InChI is InChI=1S/C82H160O17P2/c1-9-73(6)59-51-43-35-28-24-20-16-14-12-13-15-17-23-27-31-38-48-56-64-81(86)98-78(69-93-80(85)63-55-47-41-40-45-53-61-75(8)11-3)71-97-101(90,91)95-67-76(83)66-94-100(88,89)96-70-77(99-82(87)65-57-49-39-33-32-34-42-50-58-72(4)5)68-92-79(84)62-54-46-37-30-26-22-19-18-21-25-29-36-44-52-60-74(7)10-2/h72-78,83H,9-71H2,1-8H3,(H,88,89)(H,90,91)/t73?,74?,75?,76-,77-,78-/m1/s1. The van der Waals surface area contributed by atoms with E-state index in [1.165, 1.54) is 218 Å². The summed E-state index contributed by atoms with van der Waals surface area (Å²) in [6.45, 7) is 14.3. The molecule has 0 aliphatic carbocycles. The van der Waals surface area contributed by atoms with E-state index in [1.54, 1.807) is 0 Å². The Morgan fingerprint density at radius 3 is 0.703 bits per heavy atom. The van der Waals surface area contributed by atoms with Gasteiger partial charge in [-0.3, -0.25) is 37.3 Å². The number of hydrogen-bond donors (Lipinski definition) is 3. The zero-order chi connectivity index (χ0) is 74.6. The van der Waals surface area contributed by atoms with Crippen LogP contribution >= 0.6 is 15.6 Å². The van der Waals surface area contributed by atoms with Crippen LogP contribution in [0.25, 0.3) is 0 Å². The van der Waals surface area contributed by atoms with Gasteiger partial charge in [-0.15, -0.1) is 0 Å². The van der Waals surface area contributed by atoms with Crippen LogP contribution in [-0.2, 0) is 65.4 Å². The maximum absolute atomic E-state index is 13.1. The van der Waals surface area contributed by atoms with Gasteiger partial charge in [0, 0.05) is 25.7 Å². The molecule has 0 aromatic carbocycles. The van der Waals surface area contributed by atoms with Crippen LogP contribution in [0.2, 0.25) is 0 Å². The summed E-state index contributed by atoms with van der Waals surface area (Å²) in [5.74, 6) is 1.05. The minimum Gasteiger partial charge on any atom is -0.462 e. The third-order valence-corrected chi connectivity index (χ3v) is 22.1. The van der Waals surface area contributed by atoms with Gasteiger partial charge in [-0.1, -0.05) is 370 Å². The second-order valence-corrected chi connectivity index (χ2v) is 33.6. The third-order valence-electron chi connectivity index (χ3n) is 20.2. The predicted octanol–water partition coefficient (Wildman–Crippen LogP) is 24.4. The Balaban J connectivity index is 5.16. The number of unbranched alkanes of at least 4 members (excludes halogenated alkanes) is 42. The molecule has 0 aromatic rings. The van der Waals surface area contributed by atoms with Crippen molar-refractivity contribution >= 4 is 39.5 Å². The summed E-state index contributed by atoms with van der Waals surface area (Å²) in [6.07, 6.45) is 58.4. The Kier molecular flexibility index (Phi) is 69.6. The van der Waals surface area contributed by atoms with E-state index >= 15 is 0 Å². The van der Waals surface area contributed by atoms with Gasteiger partial charge in [0.05, 0.1) is 26.4 Å². The second-order valence-electron chi connectivity index (χ2n) is 30.7. The molecule has 0 aliphatic rings. The first-order chi connectivity index (χ1) is 48.7. The van der Waals surface area contributed by atoms with Crippen molar-refractivity contribution in [2.45, 2.75) is 440 Å². The molecule has 0 spiro atoms. The number of carbonyl (C=O) groups excluding carboxylic acids is 4. The molecule has 600 valence electrons. The van der Waals surface area contributed by atoms with Crippen molar-refractivity contribution in [3.05, 3.63) is 0 Å². The molecule has 101 heavy (non-hydrogen) atoms. The van der Waals surface area contributed by atoms with Gasteiger partial charge in [-0.2, -0.15) is 0 Å². The molecule has 3 N–H and O–H groups in total. The number of ether oxygens (including phenoxy) is 4. The summed E-state index contributed by atoms with van der Waals surface area (Å²) < 4.78 is 68.7. The van der Waals surface area contributed by atoms with Crippen LogP contribution in [0.15, 0.2) is 0 Å². The second kappa shape index (κ2) is 71.0. The molecule has 0 aliphatic heterocycles. The molecule has 5 unspecified atom stereocenters. The molecule has 0 heterocycles. The van der Waals surface area contributed by atoms with Gasteiger partial charge in [0.15, 0.2) is 12.2 Å². The topological polar surface area (TPSA) is 237 Å². The zero-order valence-corrected chi connectivity index (χ0v) is 68.3. The fourth-order valence-corrected chi connectivity index (χ4v) is 14.1. The third kappa shape index (κ3) is 72.1. The lowest BCUT2D eigenvalue weighted by atomic mass is 9.99. The van der Waals surface area contributed by atoms with Gasteiger partial charge in [0.25, 0.3) is 0 Å². The van der Waals surface area contributed by atoms with Crippen molar-refractivity contribution in [3.8, 4) is 0 Å². The van der Waals surface area contributed by atoms with Crippen molar-refractivity contribution < 1.29 is 80.2 Å². The van der Waals surface area contributed by atoms with Crippen LogP contribution in [0.5, 0.6) is 0 Å². The molecular formula is C82H160O17P2. The fraction of sp³-hybridized carbons (Fsp3) is 0.951. The molecular weight excluding hydrogens is 1320 g/mol. The average Bonchev–Trinajstić information content (AvgIpc) is 0.940. The predicted molar refractivity (Wildman–Crippen MR) is 414 cm³/mol. The Labute approximate surface area is 619 Å². The van der Waals surface area contributed by atoms with E-state index in [9.17, 15) is 43.2 Å². The number of hydrogen-bond acceptors (Lipinski definition) is 15. The summed E-state index contributed by atoms with van der Waals surface area (Å²) in [7, 11) is -9.92. The Morgan fingerprint density at radius 2 is 0.475 bits per heavy atom. The van der Waals surface area contributed by atoms with Crippen LogP contribution < -0.4 is 0 Å². The number of esters is 4. The van der Waals surface area contributed by atoms with Gasteiger partial charge in [-0.25, -0.2) is 9.13 Å². The molecule has 0 amide bonds. The quantitative estimate of drug-likeness (QED) is 0.0222. The van der Waals surface area contributed by atoms with Crippen LogP contribution in [0.3, 0.4) is 0 Å². The molecule has 0 radical (unpaired) electrons. The number of phosphoric acid groups is 2. The van der Waals surface area contributed by atoms with Gasteiger partial charge < -0.3 is 33.8 Å². The number of aliphatic hydroxyl groups is 1. The van der Waals surface area contributed by atoms with Crippen LogP contribution in [0.4, 0.5) is 0 Å². The smallest absolute Gasteiger partial charge is 0.462 e. The maximum Gasteiger partial charge on any atom is 0.472 e. The zero-order valence-electron chi connectivity index (χ0n) is 66.5. The first-order valence-electron chi connectivity index (χ1n) is 42.3. The number of rotatable bonds is 79. The highest BCUT2D eigenvalue weighted by molar-refractivity contribution is 7.47. The molecule has 0 aromatic heterocycles. The summed E-state index contributed by atoms with van der Waals surface area (Å²) in [4.78, 5) is 73.0. The molecule has 0 saturated heterocycles. The lowest BCUT2D eigenvalue weighted by Crippen LogP contribution is -2.30. The van der Waals surface area contributed by atoms with E-state index in [0.717, 1.165) is 114 Å². The first-order valence-corrected chi connectivity index (χ1v) is 45.3. The average molecular weight is 1480 g/mol. The Bertz CT molecular complexity index is 1980. The van der Waals surface area contributed by atoms with E-state index in [1.807, 2.05) is 0 Å². The van der Waals surface area contributed by atoms with Crippen molar-refractivity contribution in [2.75, 3.05) is 39.6 Å². The van der Waals surface area contributed by atoms with Crippen LogP contribution in [0.1, 0.15) is 421 Å². The molecule has 0 rings (SSSR count). The van der Waals surface area contributed by atoms with Gasteiger partial charge in [-0.05, 0) is 49.4 Å². The largest absolute Gasteiger partial charge is 0.472 e. The highest BCUT2D eigenvalue weighted by atomic mass is 31.2. The molecule has 0 saturated carbocycles. The van der Waals surface area contributed by atoms with Gasteiger partial charge in [0.1, 0.15) is 19.3 Å². The van der Waals surface area contributed by atoms with Crippen LogP contribution in [0, 0.1) is 23.7 Å². The van der Waals surface area contributed by atoms with Gasteiger partial charge in [0.2, 0.25) is 0 Å². The van der Waals surface area contributed by atoms with E-state index in [-0.39, 0.29) is 25.7 Å². The molecule has 0 fully saturated rings. The van der Waals surface area contributed by atoms with E-state index < -0.39 is 97.5 Å². The molecule has 8 atom stereocenters. The van der Waals surface area contributed by atoms with Crippen molar-refractivity contribution in [1.82, 2.24) is 0 Å². The van der Waals surface area contributed by atoms with E-state index in [2.05, 4.69) is 55.4 Å². The van der Waals surface area contributed by atoms with Crippen molar-refractivity contribution in [2.24, 2.45) is 23.7 Å². The minimum atomic E-state index is -4.96. The highest BCUT2D eigenvalue weighted by Crippen LogP contribution is 2.45. The SMILES string of the molecule is CCC(C)CCCCCCCCCCCCCCCCCCCCC(=O)O[C@H](COC(=O)CCCCCCCCC(C)CC)COP(=O)(O)OC[C@H](O)COP(=O)(O)OC[C@@H](COC(=O)CCCCCCCCCCCCCCCCC(C)CC)OC(=O)CCCCCCCCCCC(C)C. The first kappa shape index (κ1) is 99.1. The van der Waals surface area contributed by atoms with Crippen molar-refractivity contribution in [1.29, 1.82) is 0 Å². The summed E-state index contributed by atoms with van der Waals surface area (Å²) in [5, 5.41) is 10.6. The maximum atomic E-state index is 13.1. The van der Waals surface area contributed by atoms with Crippen LogP contribution in [-0.4, -0.2) is 96.7 Å². The molecule has 0 bridgehead atoms. The summed E-state index contributed by atoms with van der Waals surface area (Å²) >= 11 is 0. The van der Waals surface area contributed by atoms with Crippen molar-refractivity contribution in [3.63, 3.8) is 0 Å². The Hall–Kier alpha value is -1.94. The normalized spacial score (nSPS) is 14.8. The number of aliphatic hydroxyl groups excluding tert-OH is 1. The lowest BCUT2D eigenvalue weighted by Gasteiger charge is -2.21. The lowest BCUT2D eigenvalue weighted by molar-refractivity contribution is -0.161. The summed E-state index contributed by atoms with van der Waals surface area (Å²) in [6, 6.07) is 0. The number of carbonyl (C=O) groups is 4. The number of phosphoric ester groups is 2. The van der Waals surface area contributed by atoms with E-state index in [0.29, 0.717) is 31.6 Å². The highest BCUT2D eigenvalue weighted by Gasteiger charge is 2.30. The van der Waals surface area contributed by atoms with Gasteiger partial charge >= 0.3 is 39.5 Å². The van der Waals surface area contributed by atoms with E-state index in [4.69, 9.17) is 37.0 Å². The molecule has 19 heteroatoms. The summed E-state index contributed by atoms with van der Waals surface area (Å²) in [5.41, 5.74) is 0. The monoisotopic (exact) mass is 1480 g/mol. The molecule has 17 nitrogen and oxygen atoms in total. The Morgan fingerprint density at radius 1 is 0.277 bits per heavy atom. The fourth-order valence-electron chi connectivity index (χ4n) is 12.5.